The van der Waals surface area contributed by atoms with Crippen LogP contribution in [-0.2, 0) is 17.6 Å². The monoisotopic (exact) mass is 342 g/mol. The Morgan fingerprint density at radius 1 is 1.17 bits per heavy atom. The van der Waals surface area contributed by atoms with E-state index in [9.17, 15) is 9.59 Å². The first-order valence-electron chi connectivity index (χ1n) is 8.41. The third-order valence-electron chi connectivity index (χ3n) is 4.27. The van der Waals surface area contributed by atoms with Crippen LogP contribution < -0.4 is 10.6 Å². The first-order chi connectivity index (χ1) is 11.6. The second-order valence-corrected chi connectivity index (χ2v) is 7.23. The molecule has 0 radical (unpaired) electrons. The molecule has 0 bridgehead atoms. The van der Waals surface area contributed by atoms with E-state index in [1.807, 2.05) is 38.1 Å². The van der Waals surface area contributed by atoms with Crippen LogP contribution in [0.25, 0.3) is 0 Å². The summed E-state index contributed by atoms with van der Waals surface area (Å²) in [5.41, 5.74) is 3.60. The molecule has 126 valence electrons. The molecule has 1 aromatic heterocycles. The number of para-hydroxylation sites is 1. The number of fused-ring (bicyclic) bond motifs is 1. The van der Waals surface area contributed by atoms with Crippen molar-refractivity contribution in [1.82, 2.24) is 0 Å². The number of amides is 2. The van der Waals surface area contributed by atoms with Gasteiger partial charge in [0.2, 0.25) is 5.91 Å². The second-order valence-electron chi connectivity index (χ2n) is 6.13. The molecular weight excluding hydrogens is 320 g/mol. The number of carbonyl (C=O) groups is 2. The van der Waals surface area contributed by atoms with Gasteiger partial charge in [-0.1, -0.05) is 25.1 Å². The van der Waals surface area contributed by atoms with E-state index in [0.29, 0.717) is 17.0 Å². The molecule has 1 aliphatic carbocycles. The zero-order chi connectivity index (χ0) is 17.1. The summed E-state index contributed by atoms with van der Waals surface area (Å²) in [4.78, 5) is 26.1. The number of thiophene rings is 1. The lowest BCUT2D eigenvalue weighted by molar-refractivity contribution is -0.116. The van der Waals surface area contributed by atoms with E-state index in [2.05, 4.69) is 10.6 Å². The molecule has 2 N–H and O–H groups in total. The molecule has 2 amide bonds. The summed E-state index contributed by atoms with van der Waals surface area (Å²) in [5.74, 6) is -0.155. The molecule has 3 rings (SSSR count). The van der Waals surface area contributed by atoms with E-state index < -0.39 is 0 Å². The number of nitrogens with one attached hydrogen (secondary N) is 2. The van der Waals surface area contributed by atoms with Crippen molar-refractivity contribution >= 4 is 33.8 Å². The van der Waals surface area contributed by atoms with Crippen molar-refractivity contribution in [2.24, 2.45) is 0 Å². The Morgan fingerprint density at radius 2 is 1.96 bits per heavy atom. The van der Waals surface area contributed by atoms with Gasteiger partial charge >= 0.3 is 0 Å². The maximum atomic E-state index is 12.9. The highest BCUT2D eigenvalue weighted by Crippen LogP contribution is 2.39. The normalized spacial score (nSPS) is 12.8. The van der Waals surface area contributed by atoms with Crippen molar-refractivity contribution in [3.63, 3.8) is 0 Å². The number of hydrogen-bond acceptors (Lipinski definition) is 3. The zero-order valence-corrected chi connectivity index (χ0v) is 14.9. The molecule has 2 aromatic rings. The summed E-state index contributed by atoms with van der Waals surface area (Å²) in [6.07, 6.45) is 4.25. The van der Waals surface area contributed by atoms with E-state index in [1.54, 1.807) is 11.3 Å². The molecule has 0 atom stereocenters. The summed E-state index contributed by atoms with van der Waals surface area (Å²) in [6.45, 7) is 3.94. The smallest absolute Gasteiger partial charge is 0.258 e. The first-order valence-corrected chi connectivity index (χ1v) is 9.23. The standard InChI is InChI=1S/C19H22N2O2S/c1-3-7-16(22)21-19-17(13-9-6-11-15(13)24-19)18(23)20-14-10-5-4-8-12(14)2/h4-5,8,10H,3,6-7,9,11H2,1-2H3,(H,20,23)(H,21,22). The largest absolute Gasteiger partial charge is 0.322 e. The SMILES string of the molecule is CCCC(=O)Nc1sc2c(c1C(=O)Nc1ccccc1C)CCC2. The number of rotatable bonds is 5. The molecule has 5 heteroatoms. The number of carbonyl (C=O) groups excluding carboxylic acids is 2. The highest BCUT2D eigenvalue weighted by Gasteiger charge is 2.27. The van der Waals surface area contributed by atoms with Crippen molar-refractivity contribution in [3.05, 3.63) is 45.8 Å². The third kappa shape index (κ3) is 3.36. The van der Waals surface area contributed by atoms with Crippen LogP contribution in [-0.4, -0.2) is 11.8 Å². The van der Waals surface area contributed by atoms with Crippen LogP contribution in [0.15, 0.2) is 24.3 Å². The number of aryl methyl sites for hydroxylation is 2. The summed E-state index contributed by atoms with van der Waals surface area (Å²) in [5, 5.41) is 6.64. The van der Waals surface area contributed by atoms with Crippen LogP contribution in [0.3, 0.4) is 0 Å². The highest BCUT2D eigenvalue weighted by atomic mass is 32.1. The van der Waals surface area contributed by atoms with Gasteiger partial charge in [-0.3, -0.25) is 9.59 Å². The lowest BCUT2D eigenvalue weighted by atomic mass is 10.1. The Morgan fingerprint density at radius 3 is 2.71 bits per heavy atom. The number of benzene rings is 1. The minimum absolute atomic E-state index is 0.0256. The maximum absolute atomic E-state index is 12.9. The molecule has 0 aliphatic heterocycles. The molecule has 1 aliphatic rings. The molecule has 1 heterocycles. The van der Waals surface area contributed by atoms with Gasteiger partial charge in [-0.15, -0.1) is 11.3 Å². The van der Waals surface area contributed by atoms with Gasteiger partial charge in [0.25, 0.3) is 5.91 Å². The molecule has 4 nitrogen and oxygen atoms in total. The summed E-state index contributed by atoms with van der Waals surface area (Å²) < 4.78 is 0. The van der Waals surface area contributed by atoms with Crippen molar-refractivity contribution < 1.29 is 9.59 Å². The Hall–Kier alpha value is -2.14. The Balaban J connectivity index is 1.89. The second kappa shape index (κ2) is 7.18. The average molecular weight is 342 g/mol. The Labute approximate surface area is 146 Å². The predicted molar refractivity (Wildman–Crippen MR) is 99.0 cm³/mol. The number of hydrogen-bond donors (Lipinski definition) is 2. The maximum Gasteiger partial charge on any atom is 0.258 e. The minimum atomic E-state index is -0.129. The third-order valence-corrected chi connectivity index (χ3v) is 5.48. The van der Waals surface area contributed by atoms with Gasteiger partial charge in [-0.05, 0) is 49.8 Å². The van der Waals surface area contributed by atoms with Crippen LogP contribution >= 0.6 is 11.3 Å². The van der Waals surface area contributed by atoms with Crippen LogP contribution in [0, 0.1) is 6.92 Å². The van der Waals surface area contributed by atoms with Gasteiger partial charge in [-0.25, -0.2) is 0 Å². The van der Waals surface area contributed by atoms with Crippen molar-refractivity contribution in [1.29, 1.82) is 0 Å². The Kier molecular flexibility index (Phi) is 5.00. The molecule has 0 fully saturated rings. The highest BCUT2D eigenvalue weighted by molar-refractivity contribution is 7.17. The molecule has 0 spiro atoms. The van der Waals surface area contributed by atoms with Gasteiger partial charge in [0.15, 0.2) is 0 Å². The van der Waals surface area contributed by atoms with Crippen molar-refractivity contribution in [2.45, 2.75) is 46.0 Å². The summed E-state index contributed by atoms with van der Waals surface area (Å²) in [6, 6.07) is 7.72. The average Bonchev–Trinajstić information content (AvgIpc) is 3.10. The lowest BCUT2D eigenvalue weighted by Gasteiger charge is -2.11. The van der Waals surface area contributed by atoms with Gasteiger partial charge in [-0.2, -0.15) is 0 Å². The molecule has 24 heavy (non-hydrogen) atoms. The predicted octanol–water partition coefficient (Wildman–Crippen LogP) is 4.54. The zero-order valence-electron chi connectivity index (χ0n) is 14.1. The quantitative estimate of drug-likeness (QED) is 0.838. The summed E-state index contributed by atoms with van der Waals surface area (Å²) >= 11 is 1.55. The summed E-state index contributed by atoms with van der Waals surface area (Å²) in [7, 11) is 0. The van der Waals surface area contributed by atoms with Gasteiger partial charge in [0, 0.05) is 17.0 Å². The Bertz CT molecular complexity index is 780. The lowest BCUT2D eigenvalue weighted by Crippen LogP contribution is -2.18. The van der Waals surface area contributed by atoms with Crippen LogP contribution in [0.4, 0.5) is 10.7 Å². The van der Waals surface area contributed by atoms with Crippen LogP contribution in [0.5, 0.6) is 0 Å². The van der Waals surface area contributed by atoms with E-state index in [1.165, 1.54) is 4.88 Å². The minimum Gasteiger partial charge on any atom is -0.322 e. The molecule has 0 unspecified atom stereocenters. The first kappa shape index (κ1) is 16.7. The van der Waals surface area contributed by atoms with Crippen molar-refractivity contribution in [2.75, 3.05) is 10.6 Å². The fourth-order valence-electron chi connectivity index (χ4n) is 3.05. The van der Waals surface area contributed by atoms with Crippen LogP contribution in [0.2, 0.25) is 0 Å². The molecule has 0 saturated heterocycles. The van der Waals surface area contributed by atoms with Gasteiger partial charge in [0.05, 0.1) is 5.56 Å². The fourth-order valence-corrected chi connectivity index (χ4v) is 4.35. The van der Waals surface area contributed by atoms with Crippen molar-refractivity contribution in [3.8, 4) is 0 Å². The fraction of sp³-hybridized carbons (Fsp3) is 0.368. The van der Waals surface area contributed by atoms with E-state index in [4.69, 9.17) is 0 Å². The van der Waals surface area contributed by atoms with Crippen LogP contribution in [0.1, 0.15) is 52.5 Å². The topological polar surface area (TPSA) is 58.2 Å². The molecular formula is C19H22N2O2S. The van der Waals surface area contributed by atoms with E-state index in [-0.39, 0.29) is 11.8 Å². The van der Waals surface area contributed by atoms with Gasteiger partial charge < -0.3 is 10.6 Å². The van der Waals surface area contributed by atoms with E-state index >= 15 is 0 Å². The molecule has 0 saturated carbocycles. The van der Waals surface area contributed by atoms with E-state index in [0.717, 1.165) is 42.5 Å². The van der Waals surface area contributed by atoms with Gasteiger partial charge in [0.1, 0.15) is 5.00 Å². The molecule has 1 aromatic carbocycles. The number of anilines is 2.